The van der Waals surface area contributed by atoms with E-state index in [0.29, 0.717) is 18.7 Å². The molecule has 0 aliphatic carbocycles. The first kappa shape index (κ1) is 21.7. The van der Waals surface area contributed by atoms with E-state index in [9.17, 15) is 5.11 Å². The Kier molecular flexibility index (Phi) is 7.23. The van der Waals surface area contributed by atoms with Crippen molar-refractivity contribution in [2.45, 2.75) is 25.0 Å². The summed E-state index contributed by atoms with van der Waals surface area (Å²) in [6.07, 6.45) is 1.34. The number of rotatable bonds is 9. The lowest BCUT2D eigenvalue weighted by atomic mass is 10.0. The van der Waals surface area contributed by atoms with E-state index in [4.69, 9.17) is 14.7 Å². The van der Waals surface area contributed by atoms with E-state index >= 15 is 0 Å². The number of fused-ring (bicyclic) bond motifs is 1. The molecule has 6 nitrogen and oxygen atoms in total. The first-order chi connectivity index (χ1) is 15.7. The highest BCUT2D eigenvalue weighted by atomic mass is 16.5. The van der Waals surface area contributed by atoms with Gasteiger partial charge in [0.1, 0.15) is 30.3 Å². The molecule has 6 heteroatoms. The fourth-order valence-electron chi connectivity index (χ4n) is 3.64. The van der Waals surface area contributed by atoms with Gasteiger partial charge in [0, 0.05) is 24.5 Å². The summed E-state index contributed by atoms with van der Waals surface area (Å²) < 4.78 is 11.7. The molecule has 0 aromatic heterocycles. The van der Waals surface area contributed by atoms with E-state index in [-0.39, 0.29) is 12.7 Å². The molecule has 0 unspecified atom stereocenters. The maximum Gasteiger partial charge on any atom is 0.123 e. The molecule has 1 aliphatic heterocycles. The lowest BCUT2D eigenvalue weighted by Crippen LogP contribution is -2.39. The van der Waals surface area contributed by atoms with Crippen molar-refractivity contribution in [3.8, 4) is 17.6 Å². The third-order valence-electron chi connectivity index (χ3n) is 5.33. The molecule has 3 N–H and O–H groups in total. The summed E-state index contributed by atoms with van der Waals surface area (Å²) in [7, 11) is 0. The van der Waals surface area contributed by atoms with Crippen LogP contribution < -0.4 is 20.1 Å². The molecule has 0 fully saturated rings. The zero-order chi connectivity index (χ0) is 22.2. The number of nitrogens with one attached hydrogen (secondary N) is 2. The van der Waals surface area contributed by atoms with Crippen LogP contribution in [0.2, 0.25) is 0 Å². The van der Waals surface area contributed by atoms with Gasteiger partial charge in [0.2, 0.25) is 0 Å². The number of para-hydroxylation sites is 1. The van der Waals surface area contributed by atoms with Crippen LogP contribution in [0.15, 0.2) is 72.8 Å². The Labute approximate surface area is 188 Å². The second kappa shape index (κ2) is 10.7. The minimum atomic E-state index is -0.582. The molecule has 32 heavy (non-hydrogen) atoms. The number of benzene rings is 3. The summed E-state index contributed by atoms with van der Waals surface area (Å²) in [5.41, 5.74) is 3.76. The minimum Gasteiger partial charge on any atom is -0.491 e. The van der Waals surface area contributed by atoms with Gasteiger partial charge in [-0.25, -0.2) is 0 Å². The summed E-state index contributed by atoms with van der Waals surface area (Å²) in [6, 6.07) is 25.1. The van der Waals surface area contributed by atoms with Crippen molar-refractivity contribution in [2.75, 3.05) is 25.0 Å². The average molecular weight is 430 g/mol. The van der Waals surface area contributed by atoms with E-state index in [1.807, 2.05) is 54.6 Å². The normalized spacial score (nSPS) is 15.7. The van der Waals surface area contributed by atoms with Crippen LogP contribution in [-0.2, 0) is 6.42 Å². The van der Waals surface area contributed by atoms with Gasteiger partial charge >= 0.3 is 0 Å². The van der Waals surface area contributed by atoms with Crippen LogP contribution in [0.3, 0.4) is 0 Å². The first-order valence-electron chi connectivity index (χ1n) is 10.8. The Morgan fingerprint density at radius 3 is 2.62 bits per heavy atom. The number of nitriles is 1. The van der Waals surface area contributed by atoms with Gasteiger partial charge in [-0.3, -0.25) is 0 Å². The van der Waals surface area contributed by atoms with Gasteiger partial charge in [-0.1, -0.05) is 18.2 Å². The Morgan fingerprint density at radius 2 is 1.84 bits per heavy atom. The summed E-state index contributed by atoms with van der Waals surface area (Å²) in [5, 5.41) is 25.7. The van der Waals surface area contributed by atoms with Crippen LogP contribution in [-0.4, -0.2) is 37.0 Å². The second-order valence-electron chi connectivity index (χ2n) is 7.85. The summed E-state index contributed by atoms with van der Waals surface area (Å²) in [6.45, 7) is 1.38. The smallest absolute Gasteiger partial charge is 0.123 e. The maximum absolute atomic E-state index is 10.1. The van der Waals surface area contributed by atoms with Crippen molar-refractivity contribution in [1.82, 2.24) is 5.32 Å². The van der Waals surface area contributed by atoms with Crippen molar-refractivity contribution < 1.29 is 14.6 Å². The first-order valence-corrected chi connectivity index (χ1v) is 10.8. The largest absolute Gasteiger partial charge is 0.491 e. The zero-order valence-corrected chi connectivity index (χ0v) is 17.8. The SMILES string of the molecule is N#Cc1ccc(Nc2ccc3c(c2)CC[C@H](CNC[C@H](O)COc2ccccc2)O3)cc1. The van der Waals surface area contributed by atoms with E-state index < -0.39 is 6.10 Å². The number of ether oxygens (including phenoxy) is 2. The molecular formula is C26H27N3O3. The lowest BCUT2D eigenvalue weighted by molar-refractivity contribution is 0.0998. The summed E-state index contributed by atoms with van der Waals surface area (Å²) in [5.74, 6) is 1.66. The van der Waals surface area contributed by atoms with Crippen molar-refractivity contribution >= 4 is 11.4 Å². The fourth-order valence-corrected chi connectivity index (χ4v) is 3.64. The van der Waals surface area contributed by atoms with E-state index in [1.54, 1.807) is 12.1 Å². The van der Waals surface area contributed by atoms with Gasteiger partial charge < -0.3 is 25.2 Å². The highest BCUT2D eigenvalue weighted by molar-refractivity contribution is 5.62. The van der Waals surface area contributed by atoms with Gasteiger partial charge in [-0.2, -0.15) is 5.26 Å². The highest BCUT2D eigenvalue weighted by Crippen LogP contribution is 2.31. The number of nitrogens with zero attached hydrogens (tertiary/aromatic N) is 1. The molecule has 0 saturated heterocycles. The van der Waals surface area contributed by atoms with Crippen molar-refractivity contribution in [3.63, 3.8) is 0 Å². The zero-order valence-electron chi connectivity index (χ0n) is 17.8. The van der Waals surface area contributed by atoms with Crippen LogP contribution >= 0.6 is 0 Å². The second-order valence-corrected chi connectivity index (χ2v) is 7.85. The fraction of sp³-hybridized carbons (Fsp3) is 0.269. The summed E-state index contributed by atoms with van der Waals surface area (Å²) >= 11 is 0. The highest BCUT2D eigenvalue weighted by Gasteiger charge is 2.20. The molecule has 3 aromatic carbocycles. The van der Waals surface area contributed by atoms with Crippen LogP contribution in [0.25, 0.3) is 0 Å². The average Bonchev–Trinajstić information content (AvgIpc) is 2.84. The number of aliphatic hydroxyl groups is 1. The van der Waals surface area contributed by atoms with Crippen LogP contribution in [0.1, 0.15) is 17.5 Å². The topological polar surface area (TPSA) is 86.5 Å². The number of anilines is 2. The quantitative estimate of drug-likeness (QED) is 0.476. The molecule has 4 rings (SSSR count). The molecule has 0 radical (unpaired) electrons. The Balaban J connectivity index is 1.22. The van der Waals surface area contributed by atoms with Crippen LogP contribution in [0, 0.1) is 11.3 Å². The van der Waals surface area contributed by atoms with Crippen LogP contribution in [0.5, 0.6) is 11.5 Å². The van der Waals surface area contributed by atoms with E-state index in [1.165, 1.54) is 5.56 Å². The Morgan fingerprint density at radius 1 is 1.06 bits per heavy atom. The molecule has 3 aromatic rings. The number of hydrogen-bond donors (Lipinski definition) is 3. The molecule has 0 bridgehead atoms. The van der Waals surface area contributed by atoms with Crippen molar-refractivity contribution in [1.29, 1.82) is 5.26 Å². The molecule has 1 heterocycles. The summed E-state index contributed by atoms with van der Waals surface area (Å²) in [4.78, 5) is 0. The van der Waals surface area contributed by atoms with E-state index in [2.05, 4.69) is 22.8 Å². The van der Waals surface area contributed by atoms with Gasteiger partial charge in [0.15, 0.2) is 0 Å². The predicted octanol–water partition coefficient (Wildman–Crippen LogP) is 4.02. The molecule has 0 spiro atoms. The molecule has 0 amide bonds. The van der Waals surface area contributed by atoms with Crippen molar-refractivity contribution in [3.05, 3.63) is 83.9 Å². The van der Waals surface area contributed by atoms with Crippen molar-refractivity contribution in [2.24, 2.45) is 0 Å². The third-order valence-corrected chi connectivity index (χ3v) is 5.33. The number of aliphatic hydroxyl groups excluding tert-OH is 1. The number of hydrogen-bond acceptors (Lipinski definition) is 6. The van der Waals surface area contributed by atoms with Gasteiger partial charge in [-0.15, -0.1) is 0 Å². The number of aryl methyl sites for hydroxylation is 1. The van der Waals surface area contributed by atoms with E-state index in [0.717, 1.165) is 35.7 Å². The molecular weight excluding hydrogens is 402 g/mol. The molecule has 164 valence electrons. The maximum atomic E-state index is 10.1. The van der Waals surface area contributed by atoms with Gasteiger partial charge in [-0.05, 0) is 73.0 Å². The molecule has 1 aliphatic rings. The van der Waals surface area contributed by atoms with Crippen LogP contribution in [0.4, 0.5) is 11.4 Å². The Bertz CT molecular complexity index is 1050. The minimum absolute atomic E-state index is 0.0714. The standard InChI is InChI=1S/C26H27N3O3/c27-15-19-6-9-21(10-7-19)29-22-11-13-26-20(14-22)8-12-25(32-26)17-28-16-23(30)18-31-24-4-2-1-3-5-24/h1-7,9-11,13-14,23,25,28-30H,8,12,16-18H2/t23-,25+/m0/s1. The Hall–Kier alpha value is -3.53. The molecule has 0 saturated carbocycles. The van der Waals surface area contributed by atoms with Gasteiger partial charge in [0.25, 0.3) is 0 Å². The molecule has 2 atom stereocenters. The predicted molar refractivity (Wildman–Crippen MR) is 124 cm³/mol. The third kappa shape index (κ3) is 6.01. The lowest BCUT2D eigenvalue weighted by Gasteiger charge is -2.27. The monoisotopic (exact) mass is 429 g/mol. The van der Waals surface area contributed by atoms with Gasteiger partial charge in [0.05, 0.1) is 11.6 Å².